The van der Waals surface area contributed by atoms with Gasteiger partial charge in [0.25, 0.3) is 0 Å². The Labute approximate surface area is 100 Å². The Morgan fingerprint density at radius 3 is 2.44 bits per heavy atom. The molecule has 5 heteroatoms. The average molecular weight is 242 g/mol. The molecular formula is C11H18N2O2S. The Morgan fingerprint density at radius 1 is 1.12 bits per heavy atom. The molecule has 0 saturated heterocycles. The minimum atomic E-state index is -0.0942. The van der Waals surface area contributed by atoms with Gasteiger partial charge >= 0.3 is 0 Å². The fourth-order valence-corrected chi connectivity index (χ4v) is 2.61. The first-order chi connectivity index (χ1) is 7.75. The lowest BCUT2D eigenvalue weighted by atomic mass is 10.1. The fourth-order valence-electron chi connectivity index (χ4n) is 1.87. The van der Waals surface area contributed by atoms with Gasteiger partial charge in [-0.2, -0.15) is 0 Å². The molecule has 16 heavy (non-hydrogen) atoms. The van der Waals surface area contributed by atoms with E-state index >= 15 is 0 Å². The molecule has 2 saturated carbocycles. The highest BCUT2D eigenvalue weighted by molar-refractivity contribution is 7.98. The van der Waals surface area contributed by atoms with Gasteiger partial charge in [0.1, 0.15) is 0 Å². The molecule has 0 unspecified atom stereocenters. The summed E-state index contributed by atoms with van der Waals surface area (Å²) in [6, 6.07) is 0. The lowest BCUT2D eigenvalue weighted by Gasteiger charge is -2.09. The van der Waals surface area contributed by atoms with E-state index in [2.05, 4.69) is 10.0 Å². The van der Waals surface area contributed by atoms with E-state index in [1.807, 2.05) is 0 Å². The molecule has 0 aromatic heterocycles. The summed E-state index contributed by atoms with van der Waals surface area (Å²) in [6.07, 6.45) is 6.62. The molecule has 0 heterocycles. The summed E-state index contributed by atoms with van der Waals surface area (Å²) >= 11 is 1.48. The Balaban J connectivity index is 1.57. The van der Waals surface area contributed by atoms with Crippen molar-refractivity contribution in [3.05, 3.63) is 0 Å². The van der Waals surface area contributed by atoms with Gasteiger partial charge in [-0.3, -0.25) is 14.3 Å². The summed E-state index contributed by atoms with van der Waals surface area (Å²) in [4.78, 5) is 23.0. The van der Waals surface area contributed by atoms with Crippen LogP contribution in [0.5, 0.6) is 0 Å². The Hall–Kier alpha value is -0.710. The van der Waals surface area contributed by atoms with Gasteiger partial charge in [0.2, 0.25) is 11.8 Å². The molecule has 2 N–H and O–H groups in total. The third-order valence-electron chi connectivity index (χ3n) is 3.01. The largest absolute Gasteiger partial charge is 0.347 e. The van der Waals surface area contributed by atoms with Crippen LogP contribution < -0.4 is 10.0 Å². The molecule has 0 atom stereocenters. The molecule has 0 aliphatic heterocycles. The third-order valence-corrected chi connectivity index (χ3v) is 4.16. The van der Waals surface area contributed by atoms with Crippen LogP contribution in [0.15, 0.2) is 0 Å². The van der Waals surface area contributed by atoms with Crippen molar-refractivity contribution in [3.63, 3.8) is 0 Å². The van der Waals surface area contributed by atoms with E-state index < -0.39 is 0 Å². The zero-order chi connectivity index (χ0) is 11.4. The van der Waals surface area contributed by atoms with Crippen LogP contribution in [0, 0.1) is 5.92 Å². The summed E-state index contributed by atoms with van der Waals surface area (Å²) in [5.41, 5.74) is 0. The lowest BCUT2D eigenvalue weighted by molar-refractivity contribution is -0.127. The highest BCUT2D eigenvalue weighted by atomic mass is 32.2. The molecule has 90 valence electrons. The fraction of sp³-hybridized carbons (Fsp3) is 0.818. The summed E-state index contributed by atoms with van der Waals surface area (Å²) in [5, 5.41) is 3.31. The number of carbonyl (C=O) groups excluding carboxylic acids is 2. The zero-order valence-corrected chi connectivity index (χ0v) is 10.1. The Kier molecular flexibility index (Phi) is 4.09. The van der Waals surface area contributed by atoms with Gasteiger partial charge in [0, 0.05) is 11.2 Å². The predicted octanol–water partition coefficient (Wildman–Crippen LogP) is 1.22. The molecule has 0 spiro atoms. The molecule has 2 amide bonds. The van der Waals surface area contributed by atoms with Gasteiger partial charge in [-0.15, -0.1) is 0 Å². The first-order valence-corrected chi connectivity index (χ1v) is 6.86. The van der Waals surface area contributed by atoms with Gasteiger partial charge in [0.15, 0.2) is 0 Å². The van der Waals surface area contributed by atoms with E-state index in [-0.39, 0.29) is 24.3 Å². The predicted molar refractivity (Wildman–Crippen MR) is 63.7 cm³/mol. The normalized spacial score (nSPS) is 20.8. The van der Waals surface area contributed by atoms with Crippen LogP contribution in [0.2, 0.25) is 0 Å². The second-order valence-electron chi connectivity index (χ2n) is 4.54. The van der Waals surface area contributed by atoms with E-state index in [9.17, 15) is 9.59 Å². The molecule has 0 bridgehead atoms. The van der Waals surface area contributed by atoms with Crippen LogP contribution >= 0.6 is 11.9 Å². The molecule has 0 aromatic rings. The van der Waals surface area contributed by atoms with Crippen LogP contribution in [0.3, 0.4) is 0 Å². The third kappa shape index (κ3) is 3.70. The number of nitrogens with one attached hydrogen (secondary N) is 2. The molecule has 2 rings (SSSR count). The van der Waals surface area contributed by atoms with E-state index in [0.717, 1.165) is 25.7 Å². The number of hydrogen-bond donors (Lipinski definition) is 2. The van der Waals surface area contributed by atoms with Crippen molar-refractivity contribution in [1.29, 1.82) is 0 Å². The van der Waals surface area contributed by atoms with Crippen LogP contribution in [-0.4, -0.2) is 23.6 Å². The second kappa shape index (κ2) is 5.57. The van der Waals surface area contributed by atoms with Crippen LogP contribution in [0.1, 0.15) is 38.5 Å². The van der Waals surface area contributed by atoms with Gasteiger partial charge < -0.3 is 5.32 Å². The van der Waals surface area contributed by atoms with Crippen LogP contribution in [0.25, 0.3) is 0 Å². The molecular weight excluding hydrogens is 224 g/mol. The summed E-state index contributed by atoms with van der Waals surface area (Å²) in [7, 11) is 0. The van der Waals surface area contributed by atoms with Crippen LogP contribution in [0.4, 0.5) is 0 Å². The minimum Gasteiger partial charge on any atom is -0.347 e. The first kappa shape index (κ1) is 11.8. The van der Waals surface area contributed by atoms with Crippen molar-refractivity contribution in [2.45, 2.75) is 43.8 Å². The summed E-state index contributed by atoms with van der Waals surface area (Å²) in [5.74, 6) is 0.0937. The number of carbonyl (C=O) groups is 2. The maximum atomic E-state index is 11.6. The molecule has 2 aliphatic rings. The maximum Gasteiger partial charge on any atom is 0.249 e. The molecule has 0 aromatic carbocycles. The lowest BCUT2D eigenvalue weighted by Crippen LogP contribution is -2.37. The summed E-state index contributed by atoms with van der Waals surface area (Å²) in [6.45, 7) is 0.120. The van der Waals surface area contributed by atoms with Crippen molar-refractivity contribution >= 4 is 23.8 Å². The second-order valence-corrected chi connectivity index (χ2v) is 5.65. The van der Waals surface area contributed by atoms with Gasteiger partial charge in [-0.1, -0.05) is 12.8 Å². The standard InChI is InChI=1S/C11H18N2O2S/c14-10(13-16-9-5-6-9)7-12-11(15)8-3-1-2-4-8/h8-9H,1-7H2,(H,12,15)(H,13,14). The number of rotatable bonds is 5. The topological polar surface area (TPSA) is 58.2 Å². The highest BCUT2D eigenvalue weighted by Gasteiger charge is 2.24. The molecule has 2 aliphatic carbocycles. The smallest absolute Gasteiger partial charge is 0.249 e. The minimum absolute atomic E-state index is 0.0454. The van der Waals surface area contributed by atoms with Gasteiger partial charge in [0.05, 0.1) is 6.54 Å². The molecule has 2 fully saturated rings. The molecule has 4 nitrogen and oxygen atoms in total. The monoisotopic (exact) mass is 242 g/mol. The van der Waals surface area contributed by atoms with Crippen molar-refractivity contribution in [3.8, 4) is 0 Å². The SMILES string of the molecule is O=C(CNC(=O)C1CCCC1)NSC1CC1. The zero-order valence-electron chi connectivity index (χ0n) is 9.33. The summed E-state index contributed by atoms with van der Waals surface area (Å²) < 4.78 is 2.75. The quantitative estimate of drug-likeness (QED) is 0.713. The van der Waals surface area contributed by atoms with E-state index in [1.165, 1.54) is 24.8 Å². The van der Waals surface area contributed by atoms with Crippen molar-refractivity contribution in [2.75, 3.05) is 6.54 Å². The Bertz CT molecular complexity index is 273. The average Bonchev–Trinajstić information content (AvgIpc) is 2.95. The molecule has 0 radical (unpaired) electrons. The van der Waals surface area contributed by atoms with Gasteiger partial charge in [-0.05, 0) is 37.6 Å². The van der Waals surface area contributed by atoms with Crippen molar-refractivity contribution in [2.24, 2.45) is 5.92 Å². The highest BCUT2D eigenvalue weighted by Crippen LogP contribution is 2.31. The van der Waals surface area contributed by atoms with Gasteiger partial charge in [-0.25, -0.2) is 0 Å². The van der Waals surface area contributed by atoms with Crippen molar-refractivity contribution < 1.29 is 9.59 Å². The van der Waals surface area contributed by atoms with E-state index in [1.54, 1.807) is 0 Å². The number of amides is 2. The first-order valence-electron chi connectivity index (χ1n) is 5.98. The van der Waals surface area contributed by atoms with Crippen LogP contribution in [-0.2, 0) is 9.59 Å². The maximum absolute atomic E-state index is 11.6. The van der Waals surface area contributed by atoms with E-state index in [4.69, 9.17) is 0 Å². The number of hydrogen-bond acceptors (Lipinski definition) is 3. The van der Waals surface area contributed by atoms with E-state index in [0.29, 0.717) is 5.25 Å². The van der Waals surface area contributed by atoms with Crippen molar-refractivity contribution in [1.82, 2.24) is 10.0 Å². The Morgan fingerprint density at radius 2 is 1.81 bits per heavy atom.